The molecule has 10 heteroatoms. The van der Waals surface area contributed by atoms with Crippen LogP contribution in [0.15, 0.2) is 85.3 Å². The van der Waals surface area contributed by atoms with Gasteiger partial charge >= 0.3 is 12.2 Å². The second kappa shape index (κ2) is 12.3. The molecule has 4 aromatic rings. The second-order valence-electron chi connectivity index (χ2n) is 11.7. The number of carbonyl (C=O) groups excluding carboxylic acids is 2. The molecule has 42 heavy (non-hydrogen) atoms. The van der Waals surface area contributed by atoms with Crippen LogP contribution in [0.1, 0.15) is 64.2 Å². The number of anilines is 2. The molecule has 0 radical (unpaired) electrons. The van der Waals surface area contributed by atoms with E-state index in [1.807, 2.05) is 54.6 Å². The van der Waals surface area contributed by atoms with Gasteiger partial charge in [-0.25, -0.2) is 19.6 Å². The lowest BCUT2D eigenvalue weighted by molar-refractivity contribution is 0.0623. The lowest BCUT2D eigenvalue weighted by Crippen LogP contribution is -2.35. The third-order valence-electron chi connectivity index (χ3n) is 5.95. The summed E-state index contributed by atoms with van der Waals surface area (Å²) in [6, 6.07) is 20.3. The molecule has 1 atom stereocenters. The van der Waals surface area contributed by atoms with Crippen molar-refractivity contribution in [2.24, 2.45) is 0 Å². The summed E-state index contributed by atoms with van der Waals surface area (Å²) in [6.07, 6.45) is 4.29. The van der Waals surface area contributed by atoms with Crippen molar-refractivity contribution in [1.82, 2.24) is 19.9 Å². The van der Waals surface area contributed by atoms with Crippen LogP contribution in [0, 0.1) is 0 Å². The first-order chi connectivity index (χ1) is 19.8. The molecule has 0 aliphatic heterocycles. The minimum Gasteiger partial charge on any atom is -0.444 e. The highest BCUT2D eigenvalue weighted by Crippen LogP contribution is 2.40. The van der Waals surface area contributed by atoms with Crippen LogP contribution in [0.25, 0.3) is 0 Å². The van der Waals surface area contributed by atoms with E-state index in [0.29, 0.717) is 35.1 Å². The Labute approximate surface area is 246 Å². The zero-order chi connectivity index (χ0) is 30.4. The summed E-state index contributed by atoms with van der Waals surface area (Å²) in [6.45, 7) is 10.8. The van der Waals surface area contributed by atoms with Crippen LogP contribution in [0.3, 0.4) is 0 Å². The first-order valence-electron chi connectivity index (χ1n) is 13.6. The van der Waals surface area contributed by atoms with Crippen molar-refractivity contribution in [2.75, 3.05) is 10.6 Å². The maximum Gasteiger partial charge on any atom is 0.413 e. The molecule has 2 amide bonds. The van der Waals surface area contributed by atoms with E-state index in [4.69, 9.17) is 24.4 Å². The van der Waals surface area contributed by atoms with E-state index in [0.717, 1.165) is 5.56 Å². The lowest BCUT2D eigenvalue weighted by atomic mass is 9.71. The second-order valence-corrected chi connectivity index (χ2v) is 11.7. The predicted molar refractivity (Wildman–Crippen MR) is 160 cm³/mol. The van der Waals surface area contributed by atoms with Gasteiger partial charge < -0.3 is 9.47 Å². The van der Waals surface area contributed by atoms with E-state index in [1.165, 1.54) is 0 Å². The average Bonchev–Trinajstić information content (AvgIpc) is 2.91. The van der Waals surface area contributed by atoms with Crippen LogP contribution in [-0.4, -0.2) is 43.3 Å². The zero-order valence-electron chi connectivity index (χ0n) is 24.7. The minimum absolute atomic E-state index is 0.308. The van der Waals surface area contributed by atoms with Crippen LogP contribution in [0.2, 0.25) is 0 Å². The van der Waals surface area contributed by atoms with Crippen molar-refractivity contribution in [2.45, 2.75) is 64.6 Å². The molecule has 0 aromatic carbocycles. The Balaban J connectivity index is 1.81. The molecule has 0 bridgehead atoms. The molecule has 10 nitrogen and oxygen atoms in total. The number of carbonyl (C=O) groups is 2. The van der Waals surface area contributed by atoms with Crippen molar-refractivity contribution in [3.8, 4) is 0 Å². The number of hydrogen-bond acceptors (Lipinski definition) is 8. The molecule has 4 heterocycles. The fourth-order valence-electron chi connectivity index (χ4n) is 4.42. The summed E-state index contributed by atoms with van der Waals surface area (Å²) in [7, 11) is 0. The van der Waals surface area contributed by atoms with E-state index >= 15 is 0 Å². The smallest absolute Gasteiger partial charge is 0.413 e. The highest BCUT2D eigenvalue weighted by atomic mass is 16.6. The number of ether oxygens (including phenoxy) is 2. The van der Waals surface area contributed by atoms with Crippen molar-refractivity contribution in [1.29, 1.82) is 0 Å². The monoisotopic (exact) mass is 568 g/mol. The molecular formula is C32H36N6O4. The molecule has 4 aromatic heterocycles. The molecule has 4 rings (SSSR count). The topological polar surface area (TPSA) is 128 Å². The van der Waals surface area contributed by atoms with Crippen LogP contribution in [0.5, 0.6) is 0 Å². The van der Waals surface area contributed by atoms with Gasteiger partial charge in [-0.1, -0.05) is 24.3 Å². The Hall–Kier alpha value is -4.86. The molecule has 218 valence electrons. The molecule has 0 aliphatic carbocycles. The SMILES string of the molecule is CC(C)(C)OC(=O)Nc1cccc(CC(c2cccnc2)(c2ccccn2)c2cccc(NC(=O)OC(C)(C)C)n2)n1. The maximum absolute atomic E-state index is 12.6. The number of nitrogens with one attached hydrogen (secondary N) is 2. The van der Waals surface area contributed by atoms with E-state index < -0.39 is 28.8 Å². The summed E-state index contributed by atoms with van der Waals surface area (Å²) in [5.74, 6) is 0.662. The number of pyridine rings is 4. The standard InChI is InChI=1S/C32H36N6O4/c1-30(2,3)41-28(39)37-26-16-9-13-23(35-26)20-32(22-12-11-18-33-21-22,24-14-7-8-19-34-24)25-15-10-17-27(36-25)38-29(40)42-31(4,5)6/h7-19,21H,20H2,1-6H3,(H,35,37,39)(H,36,38,40). The molecule has 0 saturated carbocycles. The highest BCUT2D eigenvalue weighted by molar-refractivity contribution is 5.84. The third-order valence-corrected chi connectivity index (χ3v) is 5.95. The fraction of sp³-hybridized carbons (Fsp3) is 0.312. The number of amides is 2. The van der Waals surface area contributed by atoms with E-state index in [1.54, 1.807) is 72.3 Å². The van der Waals surface area contributed by atoms with Gasteiger partial charge in [0.05, 0.1) is 16.8 Å². The summed E-state index contributed by atoms with van der Waals surface area (Å²) >= 11 is 0. The van der Waals surface area contributed by atoms with Gasteiger partial charge in [0.15, 0.2) is 0 Å². The van der Waals surface area contributed by atoms with Crippen molar-refractivity contribution < 1.29 is 19.1 Å². The van der Waals surface area contributed by atoms with Gasteiger partial charge in [0.25, 0.3) is 0 Å². The summed E-state index contributed by atoms with van der Waals surface area (Å²) in [4.78, 5) is 43.8. The number of hydrogen-bond donors (Lipinski definition) is 2. The Morgan fingerprint density at radius 2 is 1.31 bits per heavy atom. The van der Waals surface area contributed by atoms with Gasteiger partial charge in [0.2, 0.25) is 0 Å². The third kappa shape index (κ3) is 7.87. The molecule has 0 aliphatic rings. The van der Waals surface area contributed by atoms with E-state index in [2.05, 4.69) is 15.6 Å². The quantitative estimate of drug-likeness (QED) is 0.257. The number of rotatable bonds is 7. The van der Waals surface area contributed by atoms with Crippen LogP contribution in [-0.2, 0) is 21.3 Å². The Kier molecular flexibility index (Phi) is 8.84. The van der Waals surface area contributed by atoms with Crippen LogP contribution >= 0.6 is 0 Å². The lowest BCUT2D eigenvalue weighted by Gasteiger charge is -2.33. The van der Waals surface area contributed by atoms with Crippen molar-refractivity contribution in [3.05, 3.63) is 108 Å². The minimum atomic E-state index is -0.974. The van der Waals surface area contributed by atoms with Crippen molar-refractivity contribution >= 4 is 23.8 Å². The van der Waals surface area contributed by atoms with Gasteiger partial charge in [-0.3, -0.25) is 20.6 Å². The highest BCUT2D eigenvalue weighted by Gasteiger charge is 2.40. The molecule has 1 unspecified atom stereocenters. The number of aromatic nitrogens is 4. The number of nitrogens with zero attached hydrogens (tertiary/aromatic N) is 4. The van der Waals surface area contributed by atoms with Crippen LogP contribution < -0.4 is 10.6 Å². The largest absolute Gasteiger partial charge is 0.444 e. The van der Waals surface area contributed by atoms with Crippen molar-refractivity contribution in [3.63, 3.8) is 0 Å². The first kappa shape index (κ1) is 30.1. The first-order valence-corrected chi connectivity index (χ1v) is 13.6. The summed E-state index contributed by atoms with van der Waals surface area (Å²) in [5.41, 5.74) is 0.489. The Morgan fingerprint density at radius 1 is 0.690 bits per heavy atom. The molecule has 2 N–H and O–H groups in total. The summed E-state index contributed by atoms with van der Waals surface area (Å²) < 4.78 is 10.8. The van der Waals surface area contributed by atoms with Gasteiger partial charge in [-0.15, -0.1) is 0 Å². The predicted octanol–water partition coefficient (Wildman–Crippen LogP) is 6.54. The summed E-state index contributed by atoms with van der Waals surface area (Å²) in [5, 5.41) is 5.46. The van der Waals surface area contributed by atoms with Gasteiger partial charge in [0.1, 0.15) is 22.8 Å². The van der Waals surface area contributed by atoms with Crippen LogP contribution in [0.4, 0.5) is 21.2 Å². The average molecular weight is 569 g/mol. The van der Waals surface area contributed by atoms with Gasteiger partial charge in [-0.2, -0.15) is 0 Å². The molecule has 0 fully saturated rings. The Morgan fingerprint density at radius 3 is 1.88 bits per heavy atom. The molecular weight excluding hydrogens is 532 g/mol. The van der Waals surface area contributed by atoms with Gasteiger partial charge in [-0.05, 0) is 89.6 Å². The normalized spacial score (nSPS) is 13.0. The molecule has 0 spiro atoms. The van der Waals surface area contributed by atoms with E-state index in [-0.39, 0.29) is 0 Å². The van der Waals surface area contributed by atoms with E-state index in [9.17, 15) is 9.59 Å². The maximum atomic E-state index is 12.6. The Bertz CT molecular complexity index is 1480. The molecule has 0 saturated heterocycles. The fourth-order valence-corrected chi connectivity index (χ4v) is 4.42. The van der Waals surface area contributed by atoms with Gasteiger partial charge in [0, 0.05) is 30.7 Å². The zero-order valence-corrected chi connectivity index (χ0v) is 24.7.